The van der Waals surface area contributed by atoms with Gasteiger partial charge in [0.1, 0.15) is 11.4 Å². The molecule has 0 spiro atoms. The molecule has 1 N–H and O–H groups in total. The number of anilines is 1. The second-order valence-electron chi connectivity index (χ2n) is 7.43. The maximum atomic E-state index is 13.1. The molecule has 3 aromatic rings. The fraction of sp³-hybridized carbons (Fsp3) is 0.364. The number of ether oxygens (including phenoxy) is 3. The molecule has 3 heterocycles. The third-order valence-corrected chi connectivity index (χ3v) is 6.63. The zero-order chi connectivity index (χ0) is 23.5. The molecule has 0 bridgehead atoms. The first-order valence-electron chi connectivity index (χ1n) is 10.3. The third kappa shape index (κ3) is 4.55. The summed E-state index contributed by atoms with van der Waals surface area (Å²) in [4.78, 5) is 45.4. The summed E-state index contributed by atoms with van der Waals surface area (Å²) >= 11 is 1.13. The quantitative estimate of drug-likeness (QED) is 0.583. The van der Waals surface area contributed by atoms with Gasteiger partial charge in [0.25, 0.3) is 11.5 Å². The summed E-state index contributed by atoms with van der Waals surface area (Å²) in [6.45, 7) is 3.58. The highest BCUT2D eigenvalue weighted by Gasteiger charge is 2.22. The van der Waals surface area contributed by atoms with Gasteiger partial charge in [0.15, 0.2) is 11.5 Å². The van der Waals surface area contributed by atoms with Crippen LogP contribution in [-0.2, 0) is 16.1 Å². The summed E-state index contributed by atoms with van der Waals surface area (Å²) in [7, 11) is 3.05. The van der Waals surface area contributed by atoms with Crippen molar-refractivity contribution < 1.29 is 23.8 Å². The zero-order valence-electron chi connectivity index (χ0n) is 18.5. The fourth-order valence-corrected chi connectivity index (χ4v) is 4.68. The molecule has 1 aromatic carbocycles. The van der Waals surface area contributed by atoms with Crippen molar-refractivity contribution in [2.24, 2.45) is 0 Å². The number of aryl methyl sites for hydroxylation is 1. The number of amides is 2. The van der Waals surface area contributed by atoms with Crippen LogP contribution >= 0.6 is 11.3 Å². The maximum Gasteiger partial charge on any atom is 0.266 e. The predicted molar refractivity (Wildman–Crippen MR) is 124 cm³/mol. The van der Waals surface area contributed by atoms with E-state index in [1.807, 2.05) is 0 Å². The van der Waals surface area contributed by atoms with E-state index in [1.165, 1.54) is 25.1 Å². The summed E-state index contributed by atoms with van der Waals surface area (Å²) in [5.74, 6) is 0.502. The van der Waals surface area contributed by atoms with Crippen molar-refractivity contribution in [3.8, 4) is 11.5 Å². The van der Waals surface area contributed by atoms with Gasteiger partial charge in [-0.25, -0.2) is 4.98 Å². The van der Waals surface area contributed by atoms with Gasteiger partial charge in [0, 0.05) is 24.8 Å². The smallest absolute Gasteiger partial charge is 0.266 e. The van der Waals surface area contributed by atoms with Gasteiger partial charge >= 0.3 is 0 Å². The van der Waals surface area contributed by atoms with Crippen molar-refractivity contribution in [3.63, 3.8) is 0 Å². The molecule has 0 atom stereocenters. The molecule has 1 aliphatic heterocycles. The van der Waals surface area contributed by atoms with Crippen LogP contribution in [0.5, 0.6) is 11.5 Å². The van der Waals surface area contributed by atoms with Gasteiger partial charge in [-0.1, -0.05) is 0 Å². The van der Waals surface area contributed by atoms with E-state index >= 15 is 0 Å². The lowest BCUT2D eigenvalue weighted by atomic mass is 10.2. The maximum absolute atomic E-state index is 13.1. The van der Waals surface area contributed by atoms with Gasteiger partial charge in [-0.3, -0.25) is 19.0 Å². The van der Waals surface area contributed by atoms with Crippen LogP contribution in [0.3, 0.4) is 0 Å². The van der Waals surface area contributed by atoms with E-state index in [9.17, 15) is 14.4 Å². The van der Waals surface area contributed by atoms with Crippen LogP contribution in [0.2, 0.25) is 0 Å². The van der Waals surface area contributed by atoms with Crippen LogP contribution in [0.4, 0.5) is 5.69 Å². The zero-order valence-corrected chi connectivity index (χ0v) is 19.4. The molecule has 2 amide bonds. The number of thiophene rings is 1. The van der Waals surface area contributed by atoms with Crippen molar-refractivity contribution in [2.75, 3.05) is 45.8 Å². The molecular weight excluding hydrogens is 448 g/mol. The predicted octanol–water partition coefficient (Wildman–Crippen LogP) is 1.89. The molecule has 10 nitrogen and oxygen atoms in total. The Morgan fingerprint density at radius 2 is 1.91 bits per heavy atom. The van der Waals surface area contributed by atoms with Crippen LogP contribution in [-0.4, -0.2) is 66.8 Å². The summed E-state index contributed by atoms with van der Waals surface area (Å²) in [6, 6.07) is 5.05. The lowest BCUT2D eigenvalue weighted by molar-refractivity contribution is -0.135. The van der Waals surface area contributed by atoms with Crippen LogP contribution in [0.25, 0.3) is 10.2 Å². The van der Waals surface area contributed by atoms with E-state index in [0.29, 0.717) is 64.1 Å². The Balaban J connectivity index is 1.59. The minimum Gasteiger partial charge on any atom is -0.493 e. The third-order valence-electron chi connectivity index (χ3n) is 5.43. The number of hydrogen-bond acceptors (Lipinski definition) is 8. The van der Waals surface area contributed by atoms with E-state index < -0.39 is 0 Å². The number of nitrogens with one attached hydrogen (secondary N) is 1. The molecule has 174 valence electrons. The van der Waals surface area contributed by atoms with Gasteiger partial charge < -0.3 is 24.4 Å². The summed E-state index contributed by atoms with van der Waals surface area (Å²) in [6.07, 6.45) is 1.36. The summed E-state index contributed by atoms with van der Waals surface area (Å²) in [5.41, 5.74) is 0.704. The number of fused-ring (bicyclic) bond motifs is 1. The number of carbonyl (C=O) groups is 2. The molecule has 11 heteroatoms. The lowest BCUT2D eigenvalue weighted by Gasteiger charge is -2.26. The SMILES string of the molecule is COc1ccc(NC(=O)c2sc3ncn(CC(=O)N4CCOCC4)c(=O)c3c2C)cc1OC. The molecule has 1 aliphatic rings. The van der Waals surface area contributed by atoms with E-state index in [0.717, 1.165) is 11.3 Å². The molecule has 1 fully saturated rings. The van der Waals surface area contributed by atoms with Gasteiger partial charge in [0.2, 0.25) is 5.91 Å². The Hall–Kier alpha value is -3.44. The van der Waals surface area contributed by atoms with Gasteiger partial charge in [-0.2, -0.15) is 0 Å². The number of nitrogens with zero attached hydrogens (tertiary/aromatic N) is 3. The number of morpholine rings is 1. The van der Waals surface area contributed by atoms with E-state index in [-0.39, 0.29) is 23.9 Å². The molecule has 2 aromatic heterocycles. The number of hydrogen-bond donors (Lipinski definition) is 1. The van der Waals surface area contributed by atoms with E-state index in [2.05, 4.69) is 10.3 Å². The molecule has 0 saturated carbocycles. The Labute approximate surface area is 193 Å². The molecule has 0 radical (unpaired) electrons. The van der Waals surface area contributed by atoms with Crippen molar-refractivity contribution in [3.05, 3.63) is 45.3 Å². The first-order chi connectivity index (χ1) is 15.9. The summed E-state index contributed by atoms with van der Waals surface area (Å²) < 4.78 is 17.0. The number of aromatic nitrogens is 2. The molecule has 0 aliphatic carbocycles. The number of benzene rings is 1. The number of rotatable bonds is 6. The second kappa shape index (κ2) is 9.59. The first-order valence-corrected chi connectivity index (χ1v) is 11.1. The normalized spacial score (nSPS) is 13.7. The largest absolute Gasteiger partial charge is 0.493 e. The number of carbonyl (C=O) groups excluding carboxylic acids is 2. The van der Waals surface area contributed by atoms with Gasteiger partial charge in [-0.15, -0.1) is 11.3 Å². The van der Waals surface area contributed by atoms with Crippen molar-refractivity contribution >= 4 is 39.1 Å². The summed E-state index contributed by atoms with van der Waals surface area (Å²) in [5, 5.41) is 3.16. The number of methoxy groups -OCH3 is 2. The van der Waals surface area contributed by atoms with Crippen LogP contribution < -0.4 is 20.3 Å². The molecule has 1 saturated heterocycles. The molecule has 0 unspecified atom stereocenters. The van der Waals surface area contributed by atoms with E-state index in [4.69, 9.17) is 14.2 Å². The van der Waals surface area contributed by atoms with Crippen molar-refractivity contribution in [1.82, 2.24) is 14.5 Å². The standard InChI is InChI=1S/C22H24N4O6S/c1-13-18-21(23-12-26(22(18)29)11-17(27)25-6-8-32-9-7-25)33-19(13)20(28)24-14-4-5-15(30-2)16(10-14)31-3/h4-5,10,12H,6-9,11H2,1-3H3,(H,24,28). The Bertz CT molecular complexity index is 1260. The average molecular weight is 473 g/mol. The van der Waals surface area contributed by atoms with Gasteiger partial charge in [0.05, 0.1) is 44.0 Å². The van der Waals surface area contributed by atoms with Crippen LogP contribution in [0.1, 0.15) is 15.2 Å². The highest BCUT2D eigenvalue weighted by atomic mass is 32.1. The van der Waals surface area contributed by atoms with Crippen molar-refractivity contribution in [1.29, 1.82) is 0 Å². The highest BCUT2D eigenvalue weighted by Crippen LogP contribution is 2.31. The minimum absolute atomic E-state index is 0.107. The first kappa shape index (κ1) is 22.7. The second-order valence-corrected chi connectivity index (χ2v) is 8.43. The lowest BCUT2D eigenvalue weighted by Crippen LogP contribution is -2.43. The van der Waals surface area contributed by atoms with Crippen molar-refractivity contribution in [2.45, 2.75) is 13.5 Å². The van der Waals surface area contributed by atoms with Gasteiger partial charge in [-0.05, 0) is 24.6 Å². The highest BCUT2D eigenvalue weighted by molar-refractivity contribution is 7.20. The Morgan fingerprint density at radius 1 is 1.18 bits per heavy atom. The topological polar surface area (TPSA) is 112 Å². The Morgan fingerprint density at radius 3 is 2.61 bits per heavy atom. The average Bonchev–Trinajstić information content (AvgIpc) is 3.18. The van der Waals surface area contributed by atoms with E-state index in [1.54, 1.807) is 30.0 Å². The monoisotopic (exact) mass is 472 g/mol. The Kier molecular flexibility index (Phi) is 6.61. The van der Waals surface area contributed by atoms with Crippen LogP contribution in [0.15, 0.2) is 29.3 Å². The molecular formula is C22H24N4O6S. The molecule has 33 heavy (non-hydrogen) atoms. The molecule has 4 rings (SSSR count). The van der Waals surface area contributed by atoms with Crippen LogP contribution in [0, 0.1) is 6.92 Å². The fourth-order valence-electron chi connectivity index (χ4n) is 3.65. The minimum atomic E-state index is -0.363.